The van der Waals surface area contributed by atoms with E-state index >= 15 is 0 Å². The van der Waals surface area contributed by atoms with Gasteiger partial charge in [-0.05, 0) is 37.0 Å². The maximum absolute atomic E-state index is 12.0. The molecular formula is C13H16ClNO3S. The van der Waals surface area contributed by atoms with Gasteiger partial charge in [-0.2, -0.15) is 0 Å². The number of hydrogen-bond donors (Lipinski definition) is 1. The van der Waals surface area contributed by atoms with Crippen LogP contribution in [-0.2, 0) is 14.8 Å². The number of rotatable bonds is 4. The van der Waals surface area contributed by atoms with Crippen LogP contribution >= 0.6 is 11.6 Å². The summed E-state index contributed by atoms with van der Waals surface area (Å²) in [6.45, 7) is 0. The van der Waals surface area contributed by atoms with Crippen molar-refractivity contribution in [2.75, 3.05) is 0 Å². The van der Waals surface area contributed by atoms with E-state index in [2.05, 4.69) is 4.72 Å². The first-order chi connectivity index (χ1) is 8.97. The molecule has 0 heterocycles. The second kappa shape index (κ2) is 5.92. The standard InChI is InChI=1S/C13H16ClNO3S/c14-11-6-3-7-12(9-11)19(17,18)15-13(16)8-10-4-1-2-5-10/h3,6-7,9-10H,1-2,4-5,8H2,(H,15,16). The van der Waals surface area contributed by atoms with Gasteiger partial charge in [0.1, 0.15) is 0 Å². The van der Waals surface area contributed by atoms with Crippen LogP contribution in [0.3, 0.4) is 0 Å². The monoisotopic (exact) mass is 301 g/mol. The van der Waals surface area contributed by atoms with Gasteiger partial charge in [0.05, 0.1) is 4.90 Å². The molecule has 1 aliphatic carbocycles. The number of carbonyl (C=O) groups excluding carboxylic acids is 1. The number of halogens is 1. The average molecular weight is 302 g/mol. The molecule has 6 heteroatoms. The van der Waals surface area contributed by atoms with Crippen molar-refractivity contribution in [3.8, 4) is 0 Å². The topological polar surface area (TPSA) is 63.2 Å². The van der Waals surface area contributed by atoms with Crippen molar-refractivity contribution < 1.29 is 13.2 Å². The van der Waals surface area contributed by atoms with Gasteiger partial charge in [-0.3, -0.25) is 4.79 Å². The van der Waals surface area contributed by atoms with E-state index < -0.39 is 15.9 Å². The lowest BCUT2D eigenvalue weighted by Crippen LogP contribution is -2.31. The highest BCUT2D eigenvalue weighted by atomic mass is 35.5. The SMILES string of the molecule is O=C(CC1CCCC1)NS(=O)(=O)c1cccc(Cl)c1. The van der Waals surface area contributed by atoms with E-state index in [-0.39, 0.29) is 11.3 Å². The fraction of sp³-hybridized carbons (Fsp3) is 0.462. The van der Waals surface area contributed by atoms with Gasteiger partial charge in [-0.1, -0.05) is 30.5 Å². The van der Waals surface area contributed by atoms with E-state index in [4.69, 9.17) is 11.6 Å². The van der Waals surface area contributed by atoms with Crippen LogP contribution in [0.1, 0.15) is 32.1 Å². The summed E-state index contributed by atoms with van der Waals surface area (Å²) in [5.74, 6) is -0.124. The third kappa shape index (κ3) is 3.94. The van der Waals surface area contributed by atoms with Crippen molar-refractivity contribution in [2.24, 2.45) is 5.92 Å². The fourth-order valence-corrected chi connectivity index (χ4v) is 3.66. The molecule has 0 bridgehead atoms. The van der Waals surface area contributed by atoms with Gasteiger partial charge < -0.3 is 0 Å². The molecule has 1 amide bonds. The minimum atomic E-state index is -3.81. The summed E-state index contributed by atoms with van der Waals surface area (Å²) >= 11 is 5.75. The van der Waals surface area contributed by atoms with Crippen LogP contribution in [0.15, 0.2) is 29.2 Å². The zero-order valence-electron chi connectivity index (χ0n) is 10.4. The molecular weight excluding hydrogens is 286 g/mol. The summed E-state index contributed by atoms with van der Waals surface area (Å²) < 4.78 is 26.1. The molecule has 0 spiro atoms. The highest BCUT2D eigenvalue weighted by Crippen LogP contribution is 2.27. The Hall–Kier alpha value is -1.07. The van der Waals surface area contributed by atoms with Crippen molar-refractivity contribution in [3.05, 3.63) is 29.3 Å². The zero-order valence-corrected chi connectivity index (χ0v) is 12.0. The van der Waals surface area contributed by atoms with E-state index in [9.17, 15) is 13.2 Å². The minimum absolute atomic E-state index is 0.0137. The Morgan fingerprint density at radius 1 is 1.32 bits per heavy atom. The van der Waals surface area contributed by atoms with Gasteiger partial charge in [-0.25, -0.2) is 13.1 Å². The van der Waals surface area contributed by atoms with E-state index in [1.807, 2.05) is 0 Å². The molecule has 0 aliphatic heterocycles. The summed E-state index contributed by atoms with van der Waals surface area (Å²) in [6, 6.07) is 5.86. The minimum Gasteiger partial charge on any atom is -0.274 e. The molecule has 4 nitrogen and oxygen atoms in total. The third-order valence-electron chi connectivity index (χ3n) is 3.30. The highest BCUT2D eigenvalue weighted by Gasteiger charge is 2.22. The summed E-state index contributed by atoms with van der Waals surface area (Å²) in [5.41, 5.74) is 0. The van der Waals surface area contributed by atoms with Gasteiger partial charge in [0.25, 0.3) is 10.0 Å². The molecule has 2 rings (SSSR count). The Kier molecular flexibility index (Phi) is 4.47. The number of carbonyl (C=O) groups is 1. The Bertz CT molecular complexity index is 565. The lowest BCUT2D eigenvalue weighted by atomic mass is 10.0. The smallest absolute Gasteiger partial charge is 0.264 e. The quantitative estimate of drug-likeness (QED) is 0.930. The lowest BCUT2D eigenvalue weighted by molar-refractivity contribution is -0.120. The Morgan fingerprint density at radius 2 is 2.00 bits per heavy atom. The maximum Gasteiger partial charge on any atom is 0.264 e. The molecule has 0 unspecified atom stereocenters. The summed E-state index contributed by atoms with van der Waals surface area (Å²) in [7, 11) is -3.81. The van der Waals surface area contributed by atoms with Crippen molar-refractivity contribution in [1.82, 2.24) is 4.72 Å². The molecule has 1 aromatic carbocycles. The van der Waals surface area contributed by atoms with Crippen molar-refractivity contribution in [2.45, 2.75) is 37.0 Å². The van der Waals surface area contributed by atoms with Crippen molar-refractivity contribution >= 4 is 27.5 Å². The fourth-order valence-electron chi connectivity index (χ4n) is 2.36. The van der Waals surface area contributed by atoms with Gasteiger partial charge in [0.15, 0.2) is 0 Å². The predicted octanol–water partition coefficient (Wildman–Crippen LogP) is 2.73. The third-order valence-corrected chi connectivity index (χ3v) is 4.91. The molecule has 0 saturated heterocycles. The van der Waals surface area contributed by atoms with Crippen LogP contribution < -0.4 is 4.72 Å². The molecule has 1 saturated carbocycles. The Labute approximate surface area is 118 Å². The second-order valence-electron chi connectivity index (χ2n) is 4.84. The largest absolute Gasteiger partial charge is 0.274 e. The average Bonchev–Trinajstić information content (AvgIpc) is 2.81. The second-order valence-corrected chi connectivity index (χ2v) is 6.96. The first-order valence-electron chi connectivity index (χ1n) is 6.28. The normalized spacial score (nSPS) is 16.5. The summed E-state index contributed by atoms with van der Waals surface area (Å²) in [4.78, 5) is 11.8. The van der Waals surface area contributed by atoms with Crippen LogP contribution in [0, 0.1) is 5.92 Å². The van der Waals surface area contributed by atoms with Crippen LogP contribution in [0.4, 0.5) is 0 Å². The summed E-state index contributed by atoms with van der Waals surface area (Å²) in [5, 5.41) is 0.325. The number of hydrogen-bond acceptors (Lipinski definition) is 3. The van der Waals surface area contributed by atoms with Crippen LogP contribution in [-0.4, -0.2) is 14.3 Å². The molecule has 104 valence electrons. The van der Waals surface area contributed by atoms with E-state index in [0.717, 1.165) is 25.7 Å². The van der Waals surface area contributed by atoms with Gasteiger partial charge in [-0.15, -0.1) is 0 Å². The number of benzene rings is 1. The molecule has 0 aromatic heterocycles. The molecule has 1 fully saturated rings. The number of amides is 1. The Morgan fingerprint density at radius 3 is 2.63 bits per heavy atom. The van der Waals surface area contributed by atoms with Crippen LogP contribution in [0.25, 0.3) is 0 Å². The van der Waals surface area contributed by atoms with Crippen LogP contribution in [0.5, 0.6) is 0 Å². The van der Waals surface area contributed by atoms with E-state index in [0.29, 0.717) is 10.9 Å². The molecule has 1 N–H and O–H groups in total. The van der Waals surface area contributed by atoms with Crippen molar-refractivity contribution in [1.29, 1.82) is 0 Å². The molecule has 0 atom stereocenters. The Balaban J connectivity index is 2.02. The number of nitrogens with one attached hydrogen (secondary N) is 1. The van der Waals surface area contributed by atoms with Gasteiger partial charge in [0, 0.05) is 11.4 Å². The van der Waals surface area contributed by atoms with Gasteiger partial charge in [0.2, 0.25) is 5.91 Å². The van der Waals surface area contributed by atoms with Gasteiger partial charge >= 0.3 is 0 Å². The maximum atomic E-state index is 12.0. The molecule has 19 heavy (non-hydrogen) atoms. The molecule has 0 radical (unpaired) electrons. The lowest BCUT2D eigenvalue weighted by Gasteiger charge is -2.10. The predicted molar refractivity (Wildman–Crippen MR) is 73.4 cm³/mol. The number of sulfonamides is 1. The molecule has 1 aliphatic rings. The van der Waals surface area contributed by atoms with Crippen molar-refractivity contribution in [3.63, 3.8) is 0 Å². The first kappa shape index (κ1) is 14.3. The zero-order chi connectivity index (χ0) is 13.9. The summed E-state index contributed by atoms with van der Waals surface area (Å²) in [6.07, 6.45) is 4.53. The van der Waals surface area contributed by atoms with Crippen LogP contribution in [0.2, 0.25) is 5.02 Å². The highest BCUT2D eigenvalue weighted by molar-refractivity contribution is 7.90. The molecule has 1 aromatic rings. The van der Waals surface area contributed by atoms with E-state index in [1.165, 1.54) is 12.1 Å². The van der Waals surface area contributed by atoms with E-state index in [1.54, 1.807) is 12.1 Å². The first-order valence-corrected chi connectivity index (χ1v) is 8.15.